The van der Waals surface area contributed by atoms with Gasteiger partial charge in [0, 0.05) is 50.4 Å². The molecule has 1 aromatic heterocycles. The van der Waals surface area contributed by atoms with Gasteiger partial charge in [0.25, 0.3) is 0 Å². The van der Waals surface area contributed by atoms with Gasteiger partial charge in [-0.15, -0.1) is 0 Å². The lowest BCUT2D eigenvalue weighted by atomic mass is 10.2. The second-order valence-corrected chi connectivity index (χ2v) is 5.69. The van der Waals surface area contributed by atoms with Gasteiger partial charge in [-0.05, 0) is 13.8 Å². The standard InChI is InChI=1S/C15H25N5O/c1-5-16-15(21)20-8-6-19(7-9-20)13-10-12(4)17-14(18-13)11(2)3/h10-11H,5-9H2,1-4H3,(H,16,21). The van der Waals surface area contributed by atoms with Crippen LogP contribution in [0.15, 0.2) is 6.07 Å². The van der Waals surface area contributed by atoms with E-state index in [1.807, 2.05) is 24.8 Å². The van der Waals surface area contributed by atoms with Crippen LogP contribution in [0.5, 0.6) is 0 Å². The van der Waals surface area contributed by atoms with E-state index in [2.05, 4.69) is 34.0 Å². The average Bonchev–Trinajstić information content (AvgIpc) is 2.47. The minimum atomic E-state index is 0.0267. The summed E-state index contributed by atoms with van der Waals surface area (Å²) in [7, 11) is 0. The number of amides is 2. The van der Waals surface area contributed by atoms with Crippen LogP contribution in [-0.2, 0) is 0 Å². The third kappa shape index (κ3) is 3.83. The first-order valence-corrected chi connectivity index (χ1v) is 7.64. The first kappa shape index (κ1) is 15.5. The van der Waals surface area contributed by atoms with E-state index < -0.39 is 0 Å². The maximum atomic E-state index is 11.8. The number of piperazine rings is 1. The molecule has 0 saturated carbocycles. The Morgan fingerprint density at radius 2 is 1.95 bits per heavy atom. The van der Waals surface area contributed by atoms with Gasteiger partial charge in [-0.1, -0.05) is 13.8 Å². The monoisotopic (exact) mass is 291 g/mol. The molecule has 0 spiro atoms. The van der Waals surface area contributed by atoms with Gasteiger partial charge < -0.3 is 15.1 Å². The van der Waals surface area contributed by atoms with Crippen molar-refractivity contribution in [1.29, 1.82) is 0 Å². The molecule has 1 aliphatic heterocycles. The molecule has 6 nitrogen and oxygen atoms in total. The summed E-state index contributed by atoms with van der Waals surface area (Å²) in [5.74, 6) is 2.18. The van der Waals surface area contributed by atoms with Gasteiger partial charge >= 0.3 is 6.03 Å². The van der Waals surface area contributed by atoms with E-state index in [-0.39, 0.29) is 6.03 Å². The maximum Gasteiger partial charge on any atom is 0.317 e. The Kier molecular flexibility index (Phi) is 4.98. The molecule has 1 N–H and O–H groups in total. The number of hydrogen-bond acceptors (Lipinski definition) is 4. The van der Waals surface area contributed by atoms with Gasteiger partial charge in [0.1, 0.15) is 11.6 Å². The molecule has 0 aliphatic carbocycles. The van der Waals surface area contributed by atoms with E-state index in [1.165, 1.54) is 0 Å². The van der Waals surface area contributed by atoms with Gasteiger partial charge in [-0.2, -0.15) is 0 Å². The number of nitrogens with one attached hydrogen (secondary N) is 1. The van der Waals surface area contributed by atoms with Crippen LogP contribution in [-0.4, -0.2) is 53.6 Å². The molecule has 21 heavy (non-hydrogen) atoms. The summed E-state index contributed by atoms with van der Waals surface area (Å²) in [4.78, 5) is 25.0. The van der Waals surface area contributed by atoms with Gasteiger partial charge in [0.2, 0.25) is 0 Å². The predicted molar refractivity (Wildman–Crippen MR) is 83.7 cm³/mol. The summed E-state index contributed by atoms with van der Waals surface area (Å²) in [5, 5.41) is 2.85. The molecule has 2 heterocycles. The smallest absolute Gasteiger partial charge is 0.317 e. The topological polar surface area (TPSA) is 61.4 Å². The van der Waals surface area contributed by atoms with Crippen molar-refractivity contribution in [2.24, 2.45) is 0 Å². The molecular formula is C15H25N5O. The molecule has 2 amide bonds. The Morgan fingerprint density at radius 1 is 1.29 bits per heavy atom. The normalized spacial score (nSPS) is 15.5. The summed E-state index contributed by atoms with van der Waals surface area (Å²) in [6.07, 6.45) is 0. The Labute approximate surface area is 126 Å². The largest absolute Gasteiger partial charge is 0.353 e. The number of nitrogens with zero attached hydrogens (tertiary/aromatic N) is 4. The number of anilines is 1. The number of aromatic nitrogens is 2. The van der Waals surface area contributed by atoms with Crippen molar-refractivity contribution in [2.45, 2.75) is 33.6 Å². The zero-order chi connectivity index (χ0) is 15.4. The van der Waals surface area contributed by atoms with E-state index in [9.17, 15) is 4.79 Å². The highest BCUT2D eigenvalue weighted by molar-refractivity contribution is 5.74. The molecule has 1 saturated heterocycles. The molecule has 0 bridgehead atoms. The number of rotatable bonds is 3. The van der Waals surface area contributed by atoms with Crippen molar-refractivity contribution in [3.05, 3.63) is 17.6 Å². The van der Waals surface area contributed by atoms with Crippen LogP contribution in [0, 0.1) is 6.92 Å². The minimum absolute atomic E-state index is 0.0267. The summed E-state index contributed by atoms with van der Waals surface area (Å²) in [6, 6.07) is 2.05. The van der Waals surface area contributed by atoms with E-state index >= 15 is 0 Å². The van der Waals surface area contributed by atoms with Crippen molar-refractivity contribution in [1.82, 2.24) is 20.2 Å². The van der Waals surface area contributed by atoms with Crippen molar-refractivity contribution in [3.63, 3.8) is 0 Å². The van der Waals surface area contributed by atoms with E-state index in [0.29, 0.717) is 12.5 Å². The lowest BCUT2D eigenvalue weighted by Crippen LogP contribution is -2.52. The summed E-state index contributed by atoms with van der Waals surface area (Å²) >= 11 is 0. The fourth-order valence-corrected chi connectivity index (χ4v) is 2.40. The van der Waals surface area contributed by atoms with Gasteiger partial charge in [0.05, 0.1) is 0 Å². The maximum absolute atomic E-state index is 11.8. The summed E-state index contributed by atoms with van der Waals surface area (Å²) in [6.45, 7) is 11.9. The number of aryl methyl sites for hydroxylation is 1. The van der Waals surface area contributed by atoms with Crippen LogP contribution in [0.2, 0.25) is 0 Å². The predicted octanol–water partition coefficient (Wildman–Crippen LogP) is 1.76. The molecule has 2 rings (SSSR count). The highest BCUT2D eigenvalue weighted by atomic mass is 16.2. The number of urea groups is 1. The lowest BCUT2D eigenvalue weighted by Gasteiger charge is -2.35. The third-order valence-electron chi connectivity index (χ3n) is 3.59. The number of carbonyl (C=O) groups is 1. The van der Waals surface area contributed by atoms with Crippen LogP contribution in [0.3, 0.4) is 0 Å². The molecule has 116 valence electrons. The quantitative estimate of drug-likeness (QED) is 0.922. The molecule has 0 unspecified atom stereocenters. The van der Waals surface area contributed by atoms with Gasteiger partial charge in [-0.3, -0.25) is 0 Å². The van der Waals surface area contributed by atoms with Crippen molar-refractivity contribution in [2.75, 3.05) is 37.6 Å². The van der Waals surface area contributed by atoms with E-state index in [4.69, 9.17) is 0 Å². The summed E-state index contributed by atoms with van der Waals surface area (Å²) < 4.78 is 0. The van der Waals surface area contributed by atoms with E-state index in [0.717, 1.165) is 43.5 Å². The minimum Gasteiger partial charge on any atom is -0.353 e. The molecule has 1 aromatic rings. The fraction of sp³-hybridized carbons (Fsp3) is 0.667. The van der Waals surface area contributed by atoms with Crippen LogP contribution >= 0.6 is 0 Å². The highest BCUT2D eigenvalue weighted by Gasteiger charge is 2.22. The number of carbonyl (C=O) groups excluding carboxylic acids is 1. The van der Waals surface area contributed by atoms with Gasteiger partial charge in [0.15, 0.2) is 0 Å². The second-order valence-electron chi connectivity index (χ2n) is 5.69. The molecule has 1 aliphatic rings. The van der Waals surface area contributed by atoms with Crippen molar-refractivity contribution in [3.8, 4) is 0 Å². The second kappa shape index (κ2) is 6.74. The SMILES string of the molecule is CCNC(=O)N1CCN(c2cc(C)nc(C(C)C)n2)CC1. The molecule has 0 aromatic carbocycles. The van der Waals surface area contributed by atoms with Crippen molar-refractivity contribution >= 4 is 11.8 Å². The molecule has 0 radical (unpaired) electrons. The zero-order valence-electron chi connectivity index (χ0n) is 13.4. The summed E-state index contributed by atoms with van der Waals surface area (Å²) in [5.41, 5.74) is 0.995. The Hall–Kier alpha value is -1.85. The zero-order valence-corrected chi connectivity index (χ0v) is 13.4. The first-order chi connectivity index (χ1) is 10.0. The lowest BCUT2D eigenvalue weighted by molar-refractivity contribution is 0.195. The van der Waals surface area contributed by atoms with E-state index in [1.54, 1.807) is 0 Å². The average molecular weight is 291 g/mol. The number of hydrogen-bond donors (Lipinski definition) is 1. The highest BCUT2D eigenvalue weighted by Crippen LogP contribution is 2.18. The van der Waals surface area contributed by atoms with Crippen LogP contribution in [0.4, 0.5) is 10.6 Å². The molecule has 6 heteroatoms. The van der Waals surface area contributed by atoms with Gasteiger partial charge in [-0.25, -0.2) is 14.8 Å². The van der Waals surface area contributed by atoms with Crippen LogP contribution < -0.4 is 10.2 Å². The van der Waals surface area contributed by atoms with Crippen molar-refractivity contribution < 1.29 is 4.79 Å². The molecular weight excluding hydrogens is 266 g/mol. The third-order valence-corrected chi connectivity index (χ3v) is 3.59. The fourth-order valence-electron chi connectivity index (χ4n) is 2.40. The molecule has 1 fully saturated rings. The van der Waals surface area contributed by atoms with Crippen LogP contribution in [0.25, 0.3) is 0 Å². The Bertz CT molecular complexity index is 495. The Balaban J connectivity index is 2.03. The first-order valence-electron chi connectivity index (χ1n) is 7.64. The van der Waals surface area contributed by atoms with Crippen LogP contribution in [0.1, 0.15) is 38.2 Å². The molecule has 0 atom stereocenters. The Morgan fingerprint density at radius 3 is 2.52 bits per heavy atom.